The van der Waals surface area contributed by atoms with Gasteiger partial charge in [0, 0.05) is 37.4 Å². The van der Waals surface area contributed by atoms with E-state index in [9.17, 15) is 4.79 Å². The largest absolute Gasteiger partial charge is 0.378 e. The van der Waals surface area contributed by atoms with Gasteiger partial charge in [0.1, 0.15) is 0 Å². The number of hydrogen-bond donors (Lipinski definition) is 1. The number of amides is 1. The molecule has 1 amide bonds. The minimum atomic E-state index is 0.114. The van der Waals surface area contributed by atoms with E-state index < -0.39 is 0 Å². The Morgan fingerprint density at radius 3 is 3.16 bits per heavy atom. The Balaban J connectivity index is 1.60. The summed E-state index contributed by atoms with van der Waals surface area (Å²) in [4.78, 5) is 16.1. The van der Waals surface area contributed by atoms with Gasteiger partial charge in [-0.15, -0.1) is 0 Å². The molecule has 1 aromatic rings. The molecular formula is C15H22N2O2. The van der Waals surface area contributed by atoms with Crippen molar-refractivity contribution in [2.45, 2.75) is 45.1 Å². The van der Waals surface area contributed by atoms with Crippen LogP contribution in [0.15, 0.2) is 18.2 Å². The monoisotopic (exact) mass is 262 g/mol. The van der Waals surface area contributed by atoms with Gasteiger partial charge in [0.05, 0.1) is 6.10 Å². The number of hydrogen-bond acceptors (Lipinski definition) is 3. The van der Waals surface area contributed by atoms with Crippen LogP contribution in [-0.2, 0) is 16.0 Å². The lowest BCUT2D eigenvalue weighted by Gasteiger charge is -2.09. The highest BCUT2D eigenvalue weighted by atomic mass is 16.5. The van der Waals surface area contributed by atoms with Gasteiger partial charge in [0.25, 0.3) is 0 Å². The van der Waals surface area contributed by atoms with Gasteiger partial charge in [-0.3, -0.25) is 9.78 Å². The lowest BCUT2D eigenvalue weighted by molar-refractivity contribution is -0.121. The quantitative estimate of drug-likeness (QED) is 0.853. The molecule has 0 saturated carbocycles. The minimum Gasteiger partial charge on any atom is -0.378 e. The number of aromatic nitrogens is 1. The summed E-state index contributed by atoms with van der Waals surface area (Å²) in [6.45, 7) is 3.48. The number of nitrogens with one attached hydrogen (secondary N) is 1. The zero-order chi connectivity index (χ0) is 13.5. The number of ether oxygens (including phenoxy) is 1. The van der Waals surface area contributed by atoms with Crippen molar-refractivity contribution in [1.29, 1.82) is 0 Å². The van der Waals surface area contributed by atoms with Crippen LogP contribution in [0.1, 0.15) is 37.1 Å². The summed E-state index contributed by atoms with van der Waals surface area (Å²) >= 11 is 0. The molecule has 1 aliphatic heterocycles. The highest BCUT2D eigenvalue weighted by molar-refractivity contribution is 5.75. The van der Waals surface area contributed by atoms with E-state index in [0.29, 0.717) is 19.1 Å². The van der Waals surface area contributed by atoms with Crippen LogP contribution >= 0.6 is 0 Å². The molecule has 1 aliphatic rings. The molecule has 1 unspecified atom stereocenters. The summed E-state index contributed by atoms with van der Waals surface area (Å²) in [5.74, 6) is 0.114. The highest BCUT2D eigenvalue weighted by Crippen LogP contribution is 2.16. The lowest BCUT2D eigenvalue weighted by atomic mass is 10.1. The van der Waals surface area contributed by atoms with Gasteiger partial charge in [-0.25, -0.2) is 0 Å². The molecule has 104 valence electrons. The van der Waals surface area contributed by atoms with Crippen molar-refractivity contribution in [1.82, 2.24) is 10.3 Å². The topological polar surface area (TPSA) is 51.2 Å². The van der Waals surface area contributed by atoms with Crippen LogP contribution in [0.25, 0.3) is 0 Å². The fourth-order valence-corrected chi connectivity index (χ4v) is 2.32. The molecule has 1 atom stereocenters. The van der Waals surface area contributed by atoms with Gasteiger partial charge >= 0.3 is 0 Å². The number of pyridine rings is 1. The number of carbonyl (C=O) groups excluding carboxylic acids is 1. The molecule has 4 nitrogen and oxygen atoms in total. The predicted molar refractivity (Wildman–Crippen MR) is 73.9 cm³/mol. The molecular weight excluding hydrogens is 240 g/mol. The van der Waals surface area contributed by atoms with E-state index >= 15 is 0 Å². The molecule has 1 aromatic heterocycles. The Labute approximate surface area is 114 Å². The summed E-state index contributed by atoms with van der Waals surface area (Å²) < 4.78 is 5.50. The Bertz CT molecular complexity index is 414. The molecule has 0 aromatic carbocycles. The maximum Gasteiger partial charge on any atom is 0.220 e. The Morgan fingerprint density at radius 2 is 2.42 bits per heavy atom. The number of aryl methyl sites for hydroxylation is 1. The second-order valence-electron chi connectivity index (χ2n) is 5.04. The summed E-state index contributed by atoms with van der Waals surface area (Å²) in [5, 5.41) is 2.94. The van der Waals surface area contributed by atoms with Crippen molar-refractivity contribution in [3.63, 3.8) is 0 Å². The van der Waals surface area contributed by atoms with Crippen LogP contribution in [-0.4, -0.2) is 30.1 Å². The average molecular weight is 262 g/mol. The standard InChI is InChI=1S/C15H22N2O2/c1-12-4-2-5-13(17-12)9-10-16-15(18)8-7-14-6-3-11-19-14/h2,4-5,14H,3,6-11H2,1H3,(H,16,18). The van der Waals surface area contributed by atoms with Crippen molar-refractivity contribution < 1.29 is 9.53 Å². The van der Waals surface area contributed by atoms with Gasteiger partial charge in [-0.1, -0.05) is 6.07 Å². The van der Waals surface area contributed by atoms with Crippen molar-refractivity contribution in [3.8, 4) is 0 Å². The van der Waals surface area contributed by atoms with Crippen LogP contribution in [0.5, 0.6) is 0 Å². The normalized spacial score (nSPS) is 18.5. The Morgan fingerprint density at radius 1 is 1.53 bits per heavy atom. The van der Waals surface area contributed by atoms with Crippen LogP contribution in [0.4, 0.5) is 0 Å². The lowest BCUT2D eigenvalue weighted by Crippen LogP contribution is -2.26. The molecule has 0 bridgehead atoms. The second-order valence-corrected chi connectivity index (χ2v) is 5.04. The fourth-order valence-electron chi connectivity index (χ4n) is 2.32. The van der Waals surface area contributed by atoms with Crippen molar-refractivity contribution in [2.24, 2.45) is 0 Å². The molecule has 0 aliphatic carbocycles. The van der Waals surface area contributed by atoms with Crippen molar-refractivity contribution in [2.75, 3.05) is 13.2 Å². The van der Waals surface area contributed by atoms with Crippen LogP contribution < -0.4 is 5.32 Å². The smallest absolute Gasteiger partial charge is 0.220 e. The first-order valence-electron chi connectivity index (χ1n) is 7.05. The zero-order valence-corrected chi connectivity index (χ0v) is 11.5. The predicted octanol–water partition coefficient (Wildman–Crippen LogP) is 2.01. The number of rotatable bonds is 6. The van der Waals surface area contributed by atoms with Crippen molar-refractivity contribution >= 4 is 5.91 Å². The van der Waals surface area contributed by atoms with E-state index in [4.69, 9.17) is 4.74 Å². The molecule has 1 saturated heterocycles. The first kappa shape index (κ1) is 14.0. The van der Waals surface area contributed by atoms with Gasteiger partial charge in [-0.2, -0.15) is 0 Å². The minimum absolute atomic E-state index is 0.114. The van der Waals surface area contributed by atoms with Crippen molar-refractivity contribution in [3.05, 3.63) is 29.6 Å². The molecule has 0 radical (unpaired) electrons. The third kappa shape index (κ3) is 4.99. The molecule has 2 heterocycles. The molecule has 2 rings (SSSR count). The van der Waals surface area contributed by atoms with Gasteiger partial charge in [-0.05, 0) is 38.3 Å². The number of carbonyl (C=O) groups is 1. The zero-order valence-electron chi connectivity index (χ0n) is 11.5. The van der Waals surface area contributed by atoms with E-state index in [0.717, 1.165) is 43.7 Å². The first-order chi connectivity index (χ1) is 9.24. The second kappa shape index (κ2) is 7.24. The maximum absolute atomic E-state index is 11.7. The highest BCUT2D eigenvalue weighted by Gasteiger charge is 2.16. The fraction of sp³-hybridized carbons (Fsp3) is 0.600. The molecule has 4 heteroatoms. The van der Waals surface area contributed by atoms with Gasteiger partial charge < -0.3 is 10.1 Å². The SMILES string of the molecule is Cc1cccc(CCNC(=O)CCC2CCCO2)n1. The average Bonchev–Trinajstić information content (AvgIpc) is 2.89. The van der Waals surface area contributed by atoms with Crippen LogP contribution in [0, 0.1) is 6.92 Å². The molecule has 19 heavy (non-hydrogen) atoms. The molecule has 1 fully saturated rings. The summed E-state index contributed by atoms with van der Waals surface area (Å²) in [5.41, 5.74) is 2.04. The first-order valence-corrected chi connectivity index (χ1v) is 7.05. The third-order valence-electron chi connectivity index (χ3n) is 3.37. The summed E-state index contributed by atoms with van der Waals surface area (Å²) in [7, 11) is 0. The van der Waals surface area contributed by atoms with E-state index in [-0.39, 0.29) is 5.91 Å². The molecule has 0 spiro atoms. The molecule has 1 N–H and O–H groups in total. The van der Waals surface area contributed by atoms with Gasteiger partial charge in [0.2, 0.25) is 5.91 Å². The van der Waals surface area contributed by atoms with Crippen LogP contribution in [0.2, 0.25) is 0 Å². The van der Waals surface area contributed by atoms with E-state index in [1.165, 1.54) is 0 Å². The van der Waals surface area contributed by atoms with E-state index in [1.54, 1.807) is 0 Å². The van der Waals surface area contributed by atoms with E-state index in [1.807, 2.05) is 25.1 Å². The summed E-state index contributed by atoms with van der Waals surface area (Å²) in [6.07, 6.45) is 4.71. The Kier molecular flexibility index (Phi) is 5.33. The van der Waals surface area contributed by atoms with Crippen LogP contribution in [0.3, 0.4) is 0 Å². The van der Waals surface area contributed by atoms with Gasteiger partial charge in [0.15, 0.2) is 0 Å². The Hall–Kier alpha value is -1.42. The van der Waals surface area contributed by atoms with E-state index in [2.05, 4.69) is 10.3 Å². The number of nitrogens with zero attached hydrogens (tertiary/aromatic N) is 1. The third-order valence-corrected chi connectivity index (χ3v) is 3.37. The maximum atomic E-state index is 11.7. The summed E-state index contributed by atoms with van der Waals surface area (Å²) in [6, 6.07) is 5.96.